The highest BCUT2D eigenvalue weighted by Gasteiger charge is 2.42. The maximum atomic E-state index is 13.1. The van der Waals surface area contributed by atoms with Crippen LogP contribution in [0.2, 0.25) is 0 Å². The minimum atomic E-state index is -1.32. The number of aromatic nitrogens is 6. The summed E-state index contributed by atoms with van der Waals surface area (Å²) in [6.07, 6.45) is 3.47. The molecule has 4 aromatic rings. The minimum Gasteiger partial charge on any atom is -0.386 e. The van der Waals surface area contributed by atoms with Crippen molar-refractivity contribution in [3.05, 3.63) is 57.3 Å². The molecule has 32 heavy (non-hydrogen) atoms. The van der Waals surface area contributed by atoms with Crippen LogP contribution in [0.4, 0.5) is 0 Å². The van der Waals surface area contributed by atoms with E-state index in [0.717, 1.165) is 15.6 Å². The van der Waals surface area contributed by atoms with E-state index in [4.69, 9.17) is 0 Å². The van der Waals surface area contributed by atoms with Crippen LogP contribution >= 0.6 is 0 Å². The Morgan fingerprint density at radius 2 is 2.00 bits per heavy atom. The number of hydrogen-bond acceptors (Lipinski definition) is 6. The highest BCUT2D eigenvalue weighted by Crippen LogP contribution is 2.34. The van der Waals surface area contributed by atoms with Crippen LogP contribution in [0.15, 0.2) is 40.4 Å². The summed E-state index contributed by atoms with van der Waals surface area (Å²) in [5.41, 5.74) is 0.313. The van der Waals surface area contributed by atoms with Crippen LogP contribution in [0.1, 0.15) is 29.7 Å². The Kier molecular flexibility index (Phi) is 4.35. The van der Waals surface area contributed by atoms with Gasteiger partial charge in [0.2, 0.25) is 0 Å². The van der Waals surface area contributed by atoms with Crippen LogP contribution in [0.5, 0.6) is 0 Å². The van der Waals surface area contributed by atoms with Gasteiger partial charge in [0.25, 0.3) is 11.5 Å². The fraction of sp³-hybridized carbons (Fsp3) is 0.381. The third kappa shape index (κ3) is 2.88. The summed E-state index contributed by atoms with van der Waals surface area (Å²) in [5, 5.41) is 11.3. The van der Waals surface area contributed by atoms with Gasteiger partial charge in [0.05, 0.1) is 36.3 Å². The molecule has 0 saturated carbocycles. The molecule has 11 nitrogen and oxygen atoms in total. The number of aromatic amines is 1. The van der Waals surface area contributed by atoms with Gasteiger partial charge in [-0.15, -0.1) is 0 Å². The largest absolute Gasteiger partial charge is 0.386 e. The molecule has 0 aliphatic carbocycles. The van der Waals surface area contributed by atoms with Gasteiger partial charge in [0.1, 0.15) is 5.60 Å². The molecular weight excluding hydrogens is 414 g/mol. The Hall–Kier alpha value is -3.73. The van der Waals surface area contributed by atoms with Gasteiger partial charge in [-0.3, -0.25) is 18.7 Å². The number of nitrogens with one attached hydrogen (secondary N) is 1. The Morgan fingerprint density at radius 1 is 1.22 bits per heavy atom. The number of piperidine rings is 1. The highest BCUT2D eigenvalue weighted by molar-refractivity contribution is 5.97. The summed E-state index contributed by atoms with van der Waals surface area (Å²) in [4.78, 5) is 51.2. The smallest absolute Gasteiger partial charge is 0.332 e. The maximum Gasteiger partial charge on any atom is 0.332 e. The number of amides is 1. The molecule has 0 spiro atoms. The van der Waals surface area contributed by atoms with Gasteiger partial charge in [0.15, 0.2) is 11.2 Å². The third-order valence-electron chi connectivity index (χ3n) is 6.36. The topological polar surface area (TPSA) is 131 Å². The van der Waals surface area contributed by atoms with Gasteiger partial charge >= 0.3 is 5.69 Å². The number of carbonyl (C=O) groups excluding carboxylic acids is 1. The second-order valence-electron chi connectivity index (χ2n) is 8.55. The van der Waals surface area contributed by atoms with E-state index < -0.39 is 22.9 Å². The fourth-order valence-corrected chi connectivity index (χ4v) is 4.62. The molecule has 1 aliphatic heterocycles. The number of aryl methyl sites for hydroxylation is 1. The molecule has 0 unspecified atom stereocenters. The van der Waals surface area contributed by atoms with Crippen LogP contribution in [0.25, 0.3) is 22.2 Å². The van der Waals surface area contributed by atoms with Crippen LogP contribution in [0.3, 0.4) is 0 Å². The number of benzene rings is 1. The van der Waals surface area contributed by atoms with Crippen molar-refractivity contribution in [3.8, 4) is 0 Å². The Bertz CT molecular complexity index is 1490. The number of rotatable bonds is 2. The zero-order valence-corrected chi connectivity index (χ0v) is 17.9. The van der Waals surface area contributed by atoms with E-state index in [1.807, 2.05) is 0 Å². The van der Waals surface area contributed by atoms with Crippen molar-refractivity contribution in [3.63, 3.8) is 0 Å². The Morgan fingerprint density at radius 3 is 2.75 bits per heavy atom. The lowest BCUT2D eigenvalue weighted by Crippen LogP contribution is -2.54. The first kappa shape index (κ1) is 20.2. The summed E-state index contributed by atoms with van der Waals surface area (Å²) >= 11 is 0. The summed E-state index contributed by atoms with van der Waals surface area (Å²) in [5.74, 6) is -0.186. The standard InChI is InChI=1S/C21H23N7O4/c1-21(32)9-27(18(29)12-4-5-13-14(8-12)23-10-22-13)7-6-15(21)28-11-24-17-16(28)19(30)26(3)20(31)25(17)2/h4-5,8,10-11,15,32H,6-7,9H2,1-3H3,(H,22,23)/t15-,21-/m1/s1. The Balaban J connectivity index is 1.48. The second kappa shape index (κ2) is 6.89. The molecule has 2 N–H and O–H groups in total. The van der Waals surface area contributed by atoms with Gasteiger partial charge in [0, 0.05) is 26.2 Å². The van der Waals surface area contributed by atoms with Crippen LogP contribution < -0.4 is 11.2 Å². The van der Waals surface area contributed by atoms with E-state index in [9.17, 15) is 19.5 Å². The summed E-state index contributed by atoms with van der Waals surface area (Å²) in [6.45, 7) is 2.13. The molecule has 1 amide bonds. The van der Waals surface area contributed by atoms with Crippen molar-refractivity contribution in [2.75, 3.05) is 13.1 Å². The van der Waals surface area contributed by atoms with Gasteiger partial charge in [-0.1, -0.05) is 0 Å². The van der Waals surface area contributed by atoms with Crippen molar-refractivity contribution in [2.45, 2.75) is 25.0 Å². The van der Waals surface area contributed by atoms with E-state index >= 15 is 0 Å². The average Bonchev–Trinajstić information content (AvgIpc) is 3.41. The summed E-state index contributed by atoms with van der Waals surface area (Å²) in [7, 11) is 2.97. The number of likely N-dealkylation sites (tertiary alicyclic amines) is 1. The van der Waals surface area contributed by atoms with E-state index in [0.29, 0.717) is 18.5 Å². The minimum absolute atomic E-state index is 0.0866. The third-order valence-corrected chi connectivity index (χ3v) is 6.36. The monoisotopic (exact) mass is 437 g/mol. The van der Waals surface area contributed by atoms with Crippen molar-refractivity contribution in [1.29, 1.82) is 0 Å². The van der Waals surface area contributed by atoms with Crippen LogP contribution in [-0.4, -0.2) is 63.3 Å². The molecule has 0 bridgehead atoms. The second-order valence-corrected chi connectivity index (χ2v) is 8.55. The molecule has 1 saturated heterocycles. The van der Waals surface area contributed by atoms with Crippen molar-refractivity contribution >= 4 is 28.1 Å². The SMILES string of the molecule is Cn1c(=O)c2c(ncn2[C@@H]2CCN(C(=O)c3ccc4nc[nH]c4c3)C[C@@]2(C)O)n(C)c1=O. The predicted octanol–water partition coefficient (Wildman–Crippen LogP) is 0.148. The number of fused-ring (bicyclic) bond motifs is 2. The predicted molar refractivity (Wildman–Crippen MR) is 116 cm³/mol. The van der Waals surface area contributed by atoms with Crippen molar-refractivity contribution in [1.82, 2.24) is 33.6 Å². The normalized spacial score (nSPS) is 21.5. The lowest BCUT2D eigenvalue weighted by atomic mass is 9.88. The number of nitrogens with zero attached hydrogens (tertiary/aromatic N) is 6. The molecule has 1 aromatic carbocycles. The highest BCUT2D eigenvalue weighted by atomic mass is 16.3. The molecular formula is C21H23N7O4. The maximum absolute atomic E-state index is 13.1. The molecule has 4 heterocycles. The van der Waals surface area contributed by atoms with Gasteiger partial charge in [-0.2, -0.15) is 0 Å². The van der Waals surface area contributed by atoms with E-state index in [1.54, 1.807) is 48.0 Å². The summed E-state index contributed by atoms with van der Waals surface area (Å²) in [6, 6.07) is 4.76. The van der Waals surface area contributed by atoms with Gasteiger partial charge < -0.3 is 19.6 Å². The molecule has 0 radical (unpaired) electrons. The Labute approximate surface area is 181 Å². The number of carbonyl (C=O) groups is 1. The van der Waals surface area contributed by atoms with Gasteiger partial charge in [-0.05, 0) is 31.5 Å². The number of H-pyrrole nitrogens is 1. The molecule has 1 aliphatic rings. The molecule has 5 rings (SSSR count). The van der Waals surface area contributed by atoms with Gasteiger partial charge in [-0.25, -0.2) is 14.8 Å². The average molecular weight is 437 g/mol. The molecule has 3 aromatic heterocycles. The first-order valence-electron chi connectivity index (χ1n) is 10.3. The number of hydrogen-bond donors (Lipinski definition) is 2. The quantitative estimate of drug-likeness (QED) is 0.459. The molecule has 1 fully saturated rings. The van der Waals surface area contributed by atoms with Crippen LogP contribution in [0, 0.1) is 0 Å². The lowest BCUT2D eigenvalue weighted by molar-refractivity contribution is -0.0478. The molecule has 2 atom stereocenters. The van der Waals surface area contributed by atoms with E-state index in [2.05, 4.69) is 15.0 Å². The first-order valence-corrected chi connectivity index (χ1v) is 10.3. The van der Waals surface area contributed by atoms with Crippen LogP contribution in [-0.2, 0) is 14.1 Å². The zero-order valence-electron chi connectivity index (χ0n) is 17.9. The van der Waals surface area contributed by atoms with E-state index in [-0.39, 0.29) is 23.6 Å². The van der Waals surface area contributed by atoms with Crippen molar-refractivity contribution < 1.29 is 9.90 Å². The van der Waals surface area contributed by atoms with E-state index in [1.165, 1.54) is 17.9 Å². The molecule has 11 heteroatoms. The zero-order chi connectivity index (χ0) is 22.8. The summed E-state index contributed by atoms with van der Waals surface area (Å²) < 4.78 is 3.97. The van der Waals surface area contributed by atoms with Crippen molar-refractivity contribution in [2.24, 2.45) is 14.1 Å². The number of imidazole rings is 2. The lowest BCUT2D eigenvalue weighted by Gasteiger charge is -2.43. The molecule has 166 valence electrons. The number of β-amino-alcohol motifs (C(OH)–C–C–N with tert-alkyl or cyclic N) is 1. The first-order chi connectivity index (χ1) is 15.2. The number of aliphatic hydroxyl groups is 1. The fourth-order valence-electron chi connectivity index (χ4n) is 4.62.